The molecule has 98 valence electrons. The van der Waals surface area contributed by atoms with Crippen LogP contribution in [0.1, 0.15) is 56.7 Å². The Morgan fingerprint density at radius 1 is 1.28 bits per heavy atom. The van der Waals surface area contributed by atoms with E-state index in [0.717, 1.165) is 5.92 Å². The van der Waals surface area contributed by atoms with E-state index in [2.05, 4.69) is 27.4 Å². The Labute approximate surface area is 109 Å². The molecule has 0 aromatic carbocycles. The van der Waals surface area contributed by atoms with Crippen molar-refractivity contribution >= 4 is 0 Å². The van der Waals surface area contributed by atoms with Gasteiger partial charge in [-0.25, -0.2) is 4.98 Å². The Balaban J connectivity index is 1.52. The second-order valence-electron chi connectivity index (χ2n) is 6.59. The Kier molecular flexibility index (Phi) is 2.51. The Morgan fingerprint density at radius 2 is 2.17 bits per heavy atom. The number of aromatic nitrogens is 2. The first-order valence-electron chi connectivity index (χ1n) is 7.61. The van der Waals surface area contributed by atoms with Crippen LogP contribution in [-0.2, 0) is 6.54 Å². The van der Waals surface area contributed by atoms with Gasteiger partial charge in [0.15, 0.2) is 0 Å². The molecule has 1 aromatic heterocycles. The number of rotatable bonds is 4. The Morgan fingerprint density at radius 3 is 2.83 bits per heavy atom. The van der Waals surface area contributed by atoms with Gasteiger partial charge in [-0.15, -0.1) is 0 Å². The van der Waals surface area contributed by atoms with Gasteiger partial charge in [-0.1, -0.05) is 6.42 Å². The highest BCUT2D eigenvalue weighted by molar-refractivity contribution is 5.10. The molecule has 0 spiro atoms. The van der Waals surface area contributed by atoms with Crippen molar-refractivity contribution in [1.82, 2.24) is 14.9 Å². The van der Waals surface area contributed by atoms with Gasteiger partial charge < -0.3 is 9.88 Å². The molecule has 2 heterocycles. The largest absolute Gasteiger partial charge is 0.333 e. The zero-order valence-electron chi connectivity index (χ0n) is 11.1. The van der Waals surface area contributed by atoms with Crippen LogP contribution in [0, 0.1) is 11.3 Å². The van der Waals surface area contributed by atoms with Gasteiger partial charge in [0.1, 0.15) is 0 Å². The summed E-state index contributed by atoms with van der Waals surface area (Å²) in [7, 11) is 0. The van der Waals surface area contributed by atoms with Gasteiger partial charge in [-0.2, -0.15) is 0 Å². The molecule has 1 aliphatic heterocycles. The maximum absolute atomic E-state index is 4.41. The summed E-state index contributed by atoms with van der Waals surface area (Å²) in [4.78, 5) is 4.41. The van der Waals surface area contributed by atoms with Crippen molar-refractivity contribution in [2.75, 3.05) is 6.54 Å². The lowest BCUT2D eigenvalue weighted by atomic mass is 9.99. The lowest BCUT2D eigenvalue weighted by Gasteiger charge is -2.26. The number of hydrogen-bond acceptors (Lipinski definition) is 2. The zero-order chi connectivity index (χ0) is 12.0. The predicted octanol–water partition coefficient (Wildman–Crippen LogP) is 2.89. The molecule has 1 aromatic rings. The van der Waals surface area contributed by atoms with E-state index in [1.807, 2.05) is 0 Å². The van der Waals surface area contributed by atoms with Crippen molar-refractivity contribution in [2.24, 2.45) is 11.3 Å². The molecule has 18 heavy (non-hydrogen) atoms. The van der Waals surface area contributed by atoms with Crippen LogP contribution in [0.2, 0.25) is 0 Å². The minimum atomic E-state index is 0.552. The molecule has 1 N–H and O–H groups in total. The normalized spacial score (nSPS) is 30.3. The van der Waals surface area contributed by atoms with Crippen LogP contribution in [0.3, 0.4) is 0 Å². The van der Waals surface area contributed by atoms with Gasteiger partial charge in [0.2, 0.25) is 0 Å². The summed E-state index contributed by atoms with van der Waals surface area (Å²) in [6.07, 6.45) is 14.0. The van der Waals surface area contributed by atoms with Gasteiger partial charge in [-0.3, -0.25) is 0 Å². The fourth-order valence-corrected chi connectivity index (χ4v) is 3.75. The number of nitrogens with one attached hydrogen (secondary N) is 1. The van der Waals surface area contributed by atoms with E-state index in [0.29, 0.717) is 11.5 Å². The predicted molar refractivity (Wildman–Crippen MR) is 71.2 cm³/mol. The van der Waals surface area contributed by atoms with Crippen molar-refractivity contribution < 1.29 is 0 Å². The summed E-state index contributed by atoms with van der Waals surface area (Å²) >= 11 is 0. The molecular weight excluding hydrogens is 222 g/mol. The van der Waals surface area contributed by atoms with Crippen LogP contribution < -0.4 is 5.32 Å². The second kappa shape index (κ2) is 4.09. The molecule has 2 aliphatic carbocycles. The third-order valence-electron chi connectivity index (χ3n) is 5.23. The summed E-state index contributed by atoms with van der Waals surface area (Å²) in [6.45, 7) is 2.40. The maximum Gasteiger partial charge on any atom is 0.0948 e. The smallest absolute Gasteiger partial charge is 0.0948 e. The monoisotopic (exact) mass is 245 g/mol. The standard InChI is InChI=1S/C15H23N3/c1-2-8-17-13(3-1)14-9-16-11-18(14)10-15(6-7-15)12-4-5-12/h9,11-13,17H,1-8,10H2. The van der Waals surface area contributed by atoms with E-state index in [-0.39, 0.29) is 0 Å². The van der Waals surface area contributed by atoms with Gasteiger partial charge >= 0.3 is 0 Å². The Bertz CT molecular complexity index is 423. The van der Waals surface area contributed by atoms with E-state index >= 15 is 0 Å². The van der Waals surface area contributed by atoms with Crippen molar-refractivity contribution in [3.05, 3.63) is 18.2 Å². The van der Waals surface area contributed by atoms with Crippen molar-refractivity contribution in [3.8, 4) is 0 Å². The summed E-state index contributed by atoms with van der Waals surface area (Å²) in [5.41, 5.74) is 2.10. The van der Waals surface area contributed by atoms with Crippen LogP contribution >= 0.6 is 0 Å². The summed E-state index contributed by atoms with van der Waals surface area (Å²) in [5.74, 6) is 1.03. The van der Waals surface area contributed by atoms with Gasteiger partial charge in [-0.05, 0) is 56.4 Å². The molecule has 3 heteroatoms. The fraction of sp³-hybridized carbons (Fsp3) is 0.800. The third-order valence-corrected chi connectivity index (χ3v) is 5.23. The lowest BCUT2D eigenvalue weighted by molar-refractivity contribution is 0.340. The average molecular weight is 245 g/mol. The molecule has 2 saturated carbocycles. The quantitative estimate of drug-likeness (QED) is 0.884. The number of hydrogen-bond donors (Lipinski definition) is 1. The van der Waals surface area contributed by atoms with Crippen LogP contribution in [0.25, 0.3) is 0 Å². The summed E-state index contributed by atoms with van der Waals surface area (Å²) in [6, 6.07) is 0.552. The molecule has 0 bridgehead atoms. The first-order chi connectivity index (χ1) is 8.87. The molecule has 1 unspecified atom stereocenters. The number of nitrogens with zero attached hydrogens (tertiary/aromatic N) is 2. The molecule has 1 atom stereocenters. The zero-order valence-corrected chi connectivity index (χ0v) is 11.1. The molecular formula is C15H23N3. The van der Waals surface area contributed by atoms with Crippen molar-refractivity contribution in [2.45, 2.75) is 57.5 Å². The number of piperidine rings is 1. The van der Waals surface area contributed by atoms with Crippen molar-refractivity contribution in [1.29, 1.82) is 0 Å². The number of imidazole rings is 1. The van der Waals surface area contributed by atoms with Crippen LogP contribution in [-0.4, -0.2) is 16.1 Å². The maximum atomic E-state index is 4.41. The van der Waals surface area contributed by atoms with E-state index in [9.17, 15) is 0 Å². The fourth-order valence-electron chi connectivity index (χ4n) is 3.75. The van der Waals surface area contributed by atoms with E-state index in [4.69, 9.17) is 0 Å². The van der Waals surface area contributed by atoms with E-state index < -0.39 is 0 Å². The van der Waals surface area contributed by atoms with Crippen molar-refractivity contribution in [3.63, 3.8) is 0 Å². The highest BCUT2D eigenvalue weighted by Crippen LogP contribution is 2.62. The van der Waals surface area contributed by atoms with E-state index in [1.165, 1.54) is 63.7 Å². The molecule has 3 nitrogen and oxygen atoms in total. The molecule has 3 aliphatic rings. The van der Waals surface area contributed by atoms with Crippen LogP contribution in [0.15, 0.2) is 12.5 Å². The highest BCUT2D eigenvalue weighted by Gasteiger charge is 2.53. The third kappa shape index (κ3) is 1.89. The minimum Gasteiger partial charge on any atom is -0.333 e. The lowest BCUT2D eigenvalue weighted by Crippen LogP contribution is -2.29. The first kappa shape index (κ1) is 11.0. The molecule has 0 amide bonds. The van der Waals surface area contributed by atoms with E-state index in [1.54, 1.807) is 0 Å². The SMILES string of the molecule is c1ncn(CC2(C3CC3)CC2)c1C1CCCCN1. The molecule has 4 rings (SSSR count). The highest BCUT2D eigenvalue weighted by atomic mass is 15.1. The minimum absolute atomic E-state index is 0.552. The second-order valence-corrected chi connectivity index (χ2v) is 6.59. The topological polar surface area (TPSA) is 29.9 Å². The molecule has 3 fully saturated rings. The summed E-state index contributed by atoms with van der Waals surface area (Å²) < 4.78 is 2.45. The van der Waals surface area contributed by atoms with Gasteiger partial charge in [0, 0.05) is 18.8 Å². The van der Waals surface area contributed by atoms with Crippen LogP contribution in [0.5, 0.6) is 0 Å². The molecule has 0 radical (unpaired) electrons. The van der Waals surface area contributed by atoms with Gasteiger partial charge in [0.05, 0.1) is 12.0 Å². The molecule has 1 saturated heterocycles. The Hall–Kier alpha value is -0.830. The van der Waals surface area contributed by atoms with Gasteiger partial charge in [0.25, 0.3) is 0 Å². The average Bonchev–Trinajstić information content (AvgIpc) is 3.29. The first-order valence-corrected chi connectivity index (χ1v) is 7.61. The summed E-state index contributed by atoms with van der Waals surface area (Å²) in [5, 5.41) is 3.65. The van der Waals surface area contributed by atoms with Crippen LogP contribution in [0.4, 0.5) is 0 Å².